The molecule has 0 aliphatic carbocycles. The van der Waals surface area contributed by atoms with Crippen LogP contribution in [0.3, 0.4) is 0 Å². The Balaban J connectivity index is 1.93. The Labute approximate surface area is 114 Å². The number of H-pyrrole nitrogens is 1. The molecule has 1 aliphatic rings. The summed E-state index contributed by atoms with van der Waals surface area (Å²) in [5.41, 5.74) is 0.686. The minimum absolute atomic E-state index is 0.155. The summed E-state index contributed by atoms with van der Waals surface area (Å²) in [4.78, 5) is 17.5. The van der Waals surface area contributed by atoms with E-state index >= 15 is 0 Å². The van der Waals surface area contributed by atoms with Crippen LogP contribution in [0.5, 0.6) is 0 Å². The van der Waals surface area contributed by atoms with Gasteiger partial charge >= 0.3 is 6.03 Å². The van der Waals surface area contributed by atoms with Crippen LogP contribution >= 0.6 is 11.6 Å². The molecular weight excluding hydrogens is 268 g/mol. The highest BCUT2D eigenvalue weighted by molar-refractivity contribution is 6.33. The van der Waals surface area contributed by atoms with Gasteiger partial charge in [0.25, 0.3) is 0 Å². The van der Waals surface area contributed by atoms with Crippen LogP contribution in [0.25, 0.3) is 0 Å². The van der Waals surface area contributed by atoms with Gasteiger partial charge in [0.15, 0.2) is 5.82 Å². The predicted octanol–water partition coefficient (Wildman–Crippen LogP) is 1.73. The summed E-state index contributed by atoms with van der Waals surface area (Å²) in [5, 5.41) is 12.9. The first-order valence-electron chi connectivity index (χ1n) is 5.72. The van der Waals surface area contributed by atoms with Gasteiger partial charge in [0.2, 0.25) is 0 Å². The van der Waals surface area contributed by atoms with Gasteiger partial charge in [-0.3, -0.25) is 10.00 Å². The van der Waals surface area contributed by atoms with Gasteiger partial charge in [-0.2, -0.15) is 5.10 Å². The predicted molar refractivity (Wildman–Crippen MR) is 71.9 cm³/mol. The summed E-state index contributed by atoms with van der Waals surface area (Å²) in [5.74, 6) is 1.12. The fourth-order valence-corrected chi connectivity index (χ4v) is 2.02. The maximum atomic E-state index is 11.7. The molecule has 2 aromatic rings. The van der Waals surface area contributed by atoms with Crippen molar-refractivity contribution in [1.82, 2.24) is 20.5 Å². The Morgan fingerprint density at radius 1 is 1.47 bits per heavy atom. The highest BCUT2D eigenvalue weighted by atomic mass is 35.5. The van der Waals surface area contributed by atoms with Crippen molar-refractivity contribution in [3.8, 4) is 0 Å². The molecule has 0 unspecified atom stereocenters. The largest absolute Gasteiger partial charge is 0.336 e. The number of hydrogen-bond donors (Lipinski definition) is 3. The van der Waals surface area contributed by atoms with Crippen LogP contribution in [0.1, 0.15) is 0 Å². The van der Waals surface area contributed by atoms with Crippen LogP contribution in [0.4, 0.5) is 22.1 Å². The standard InChI is InChI=1S/C11H11ClN6O/c12-7-6-15-17-9(7)16-8-2-1-3-13-10(8)18-5-4-14-11(18)19/h1-3,6H,4-5H2,(H,14,19)(H2,15,16,17). The number of halogens is 1. The van der Waals surface area contributed by atoms with E-state index in [0.29, 0.717) is 35.4 Å². The second-order valence-electron chi connectivity index (χ2n) is 3.98. The lowest BCUT2D eigenvalue weighted by Gasteiger charge is -2.17. The molecule has 98 valence electrons. The number of aromatic nitrogens is 3. The zero-order valence-electron chi connectivity index (χ0n) is 9.85. The first kappa shape index (κ1) is 11.8. The number of aromatic amines is 1. The van der Waals surface area contributed by atoms with E-state index in [1.807, 2.05) is 6.07 Å². The van der Waals surface area contributed by atoms with Crippen molar-refractivity contribution in [2.75, 3.05) is 23.3 Å². The molecule has 0 aromatic carbocycles. The molecule has 0 bridgehead atoms. The molecule has 7 nitrogen and oxygen atoms in total. The smallest absolute Gasteiger partial charge is 0.323 e. The molecule has 1 fully saturated rings. The highest BCUT2D eigenvalue weighted by Gasteiger charge is 2.24. The van der Waals surface area contributed by atoms with E-state index in [-0.39, 0.29) is 6.03 Å². The maximum Gasteiger partial charge on any atom is 0.323 e. The molecule has 3 rings (SSSR count). The summed E-state index contributed by atoms with van der Waals surface area (Å²) < 4.78 is 0. The van der Waals surface area contributed by atoms with Gasteiger partial charge in [-0.25, -0.2) is 9.78 Å². The zero-order valence-corrected chi connectivity index (χ0v) is 10.6. The van der Waals surface area contributed by atoms with Crippen LogP contribution in [0.15, 0.2) is 24.5 Å². The Kier molecular flexibility index (Phi) is 2.96. The number of amides is 2. The monoisotopic (exact) mass is 278 g/mol. The van der Waals surface area contributed by atoms with E-state index < -0.39 is 0 Å². The summed E-state index contributed by atoms with van der Waals surface area (Å²) in [6, 6.07) is 3.45. The molecule has 0 saturated carbocycles. The first-order valence-corrected chi connectivity index (χ1v) is 6.10. The van der Waals surface area contributed by atoms with Gasteiger partial charge in [-0.05, 0) is 12.1 Å². The molecule has 0 radical (unpaired) electrons. The average Bonchev–Trinajstić information content (AvgIpc) is 3.00. The van der Waals surface area contributed by atoms with Crippen molar-refractivity contribution in [3.05, 3.63) is 29.5 Å². The summed E-state index contributed by atoms with van der Waals surface area (Å²) in [6.45, 7) is 1.20. The average molecular weight is 279 g/mol. The molecule has 2 aromatic heterocycles. The number of nitrogens with one attached hydrogen (secondary N) is 3. The van der Waals surface area contributed by atoms with E-state index in [4.69, 9.17) is 11.6 Å². The molecule has 0 spiro atoms. The Morgan fingerprint density at radius 2 is 2.37 bits per heavy atom. The van der Waals surface area contributed by atoms with E-state index in [2.05, 4.69) is 25.8 Å². The number of anilines is 3. The number of rotatable bonds is 3. The molecule has 3 N–H and O–H groups in total. The van der Waals surface area contributed by atoms with E-state index in [1.165, 1.54) is 6.20 Å². The minimum atomic E-state index is -0.155. The van der Waals surface area contributed by atoms with Crippen LogP contribution < -0.4 is 15.5 Å². The fourth-order valence-electron chi connectivity index (χ4n) is 1.88. The Morgan fingerprint density at radius 3 is 3.05 bits per heavy atom. The molecule has 19 heavy (non-hydrogen) atoms. The second kappa shape index (κ2) is 4.77. The Hall–Kier alpha value is -2.28. The summed E-state index contributed by atoms with van der Waals surface area (Å²) in [7, 11) is 0. The van der Waals surface area contributed by atoms with Gasteiger partial charge in [0.1, 0.15) is 10.8 Å². The second-order valence-corrected chi connectivity index (χ2v) is 4.38. The molecule has 2 amide bonds. The SMILES string of the molecule is O=C1NCCN1c1ncccc1Nc1[nH]ncc1Cl. The molecule has 3 heterocycles. The lowest BCUT2D eigenvalue weighted by molar-refractivity contribution is 0.252. The van der Waals surface area contributed by atoms with Crippen LogP contribution in [-0.4, -0.2) is 34.3 Å². The molecular formula is C11H11ClN6O. The number of carbonyl (C=O) groups excluding carboxylic acids is 1. The third kappa shape index (κ3) is 2.19. The van der Waals surface area contributed by atoms with Crippen molar-refractivity contribution >= 4 is 35.0 Å². The van der Waals surface area contributed by atoms with Crippen molar-refractivity contribution in [2.24, 2.45) is 0 Å². The molecule has 1 saturated heterocycles. The first-order chi connectivity index (χ1) is 9.25. The summed E-state index contributed by atoms with van der Waals surface area (Å²) in [6.07, 6.45) is 3.14. The third-order valence-electron chi connectivity index (χ3n) is 2.75. The van der Waals surface area contributed by atoms with Crippen LogP contribution in [-0.2, 0) is 0 Å². The normalized spacial score (nSPS) is 14.6. The van der Waals surface area contributed by atoms with Gasteiger partial charge in [-0.15, -0.1) is 0 Å². The fraction of sp³-hybridized carbons (Fsp3) is 0.182. The minimum Gasteiger partial charge on any atom is -0.336 e. The van der Waals surface area contributed by atoms with Crippen molar-refractivity contribution in [1.29, 1.82) is 0 Å². The molecule has 1 aliphatic heterocycles. The van der Waals surface area contributed by atoms with E-state index in [0.717, 1.165) is 0 Å². The third-order valence-corrected chi connectivity index (χ3v) is 3.04. The van der Waals surface area contributed by atoms with E-state index in [9.17, 15) is 4.79 Å². The van der Waals surface area contributed by atoms with Gasteiger partial charge in [0, 0.05) is 19.3 Å². The maximum absolute atomic E-state index is 11.7. The molecule has 8 heteroatoms. The highest BCUT2D eigenvalue weighted by Crippen LogP contribution is 2.29. The van der Waals surface area contributed by atoms with Crippen LogP contribution in [0.2, 0.25) is 5.02 Å². The van der Waals surface area contributed by atoms with E-state index in [1.54, 1.807) is 17.2 Å². The van der Waals surface area contributed by atoms with Crippen molar-refractivity contribution in [2.45, 2.75) is 0 Å². The van der Waals surface area contributed by atoms with Gasteiger partial charge in [-0.1, -0.05) is 11.6 Å². The topological polar surface area (TPSA) is 85.9 Å². The summed E-state index contributed by atoms with van der Waals surface area (Å²) >= 11 is 5.96. The van der Waals surface area contributed by atoms with Crippen LogP contribution in [0, 0.1) is 0 Å². The number of pyridine rings is 1. The van der Waals surface area contributed by atoms with Crippen molar-refractivity contribution < 1.29 is 4.79 Å². The number of hydrogen-bond acceptors (Lipinski definition) is 4. The van der Waals surface area contributed by atoms with Crippen molar-refractivity contribution in [3.63, 3.8) is 0 Å². The number of urea groups is 1. The van der Waals surface area contributed by atoms with Gasteiger partial charge < -0.3 is 10.6 Å². The molecule has 0 atom stereocenters. The lowest BCUT2D eigenvalue weighted by Crippen LogP contribution is -2.29. The number of nitrogens with zero attached hydrogens (tertiary/aromatic N) is 3. The zero-order chi connectivity index (χ0) is 13.2. The Bertz CT molecular complexity index is 613. The van der Waals surface area contributed by atoms with Gasteiger partial charge in [0.05, 0.1) is 11.9 Å². The lowest BCUT2D eigenvalue weighted by atomic mass is 10.3. The number of carbonyl (C=O) groups is 1. The quantitative estimate of drug-likeness (QED) is 0.798.